The zero-order chi connectivity index (χ0) is 6.57. The van der Waals surface area contributed by atoms with Gasteiger partial charge in [-0.1, -0.05) is 0 Å². The van der Waals surface area contributed by atoms with Gasteiger partial charge in [0.15, 0.2) is 0 Å². The molecule has 8 heavy (non-hydrogen) atoms. The predicted molar refractivity (Wildman–Crippen MR) is 35.8 cm³/mol. The van der Waals surface area contributed by atoms with Gasteiger partial charge in [-0.15, -0.1) is 0 Å². The molecule has 0 heterocycles. The normalized spacial score (nSPS) is 8.00. The Morgan fingerprint density at radius 1 is 1.62 bits per heavy atom. The third-order valence-electron chi connectivity index (χ3n) is 0.475. The first-order chi connectivity index (χ1) is 3.63. The Labute approximate surface area is 49.9 Å². The Kier molecular flexibility index (Phi) is 3.27. The van der Waals surface area contributed by atoms with Crippen molar-refractivity contribution < 1.29 is 5.02 Å². The molecule has 0 saturated carbocycles. The van der Waals surface area contributed by atoms with Crippen LogP contribution in [0.25, 0.3) is 0 Å². The lowest BCUT2D eigenvalue weighted by atomic mass is 9.91. The van der Waals surface area contributed by atoms with E-state index < -0.39 is 7.05 Å². The van der Waals surface area contributed by atoms with E-state index in [-0.39, 0.29) is 0 Å². The topological polar surface area (TPSA) is 44.6 Å². The molecule has 0 aromatic rings. The summed E-state index contributed by atoms with van der Waals surface area (Å²) in [7, 11) is -0.551. The Bertz CT molecular complexity index is 88.0. The van der Waals surface area contributed by atoms with Crippen LogP contribution in [0.5, 0.6) is 0 Å². The predicted octanol–water partition coefficient (Wildman–Crippen LogP) is 0.0821. The minimum absolute atomic E-state index is 0.551. The smallest absolute Gasteiger partial charge is 0.423 e. The second-order valence-electron chi connectivity index (χ2n) is 1.86. The van der Waals surface area contributed by atoms with Gasteiger partial charge in [-0.3, -0.25) is 0 Å². The highest BCUT2D eigenvalue weighted by molar-refractivity contribution is 6.45. The lowest BCUT2D eigenvalue weighted by molar-refractivity contribution is 0.558. The van der Waals surface area contributed by atoms with Crippen LogP contribution >= 0.6 is 0 Å². The van der Waals surface area contributed by atoms with Gasteiger partial charge >= 0.3 is 7.05 Å². The van der Waals surface area contributed by atoms with E-state index in [2.05, 4.69) is 10.4 Å². The molecule has 0 rings (SSSR count). The van der Waals surface area contributed by atoms with Gasteiger partial charge in [-0.05, 0) is 20.7 Å². The van der Waals surface area contributed by atoms with E-state index in [1.165, 1.54) is 0 Å². The van der Waals surface area contributed by atoms with E-state index in [4.69, 9.17) is 5.02 Å². The fourth-order valence-electron chi connectivity index (χ4n) is 0.223. The zero-order valence-electron chi connectivity index (χ0n) is 5.47. The van der Waals surface area contributed by atoms with Gasteiger partial charge in [0.2, 0.25) is 0 Å². The summed E-state index contributed by atoms with van der Waals surface area (Å²) < 4.78 is 0. The lowest BCUT2D eigenvalue weighted by Crippen LogP contribution is -2.25. The highest BCUT2D eigenvalue weighted by Gasteiger charge is 1.95. The maximum Gasteiger partial charge on any atom is 0.423 e. The van der Waals surface area contributed by atoms with Crippen LogP contribution in [0.3, 0.4) is 0 Å². The van der Waals surface area contributed by atoms with Crippen LogP contribution in [0.15, 0.2) is 5.10 Å². The maximum atomic E-state index is 8.58. The molecular formula is C4H11BN2O. The van der Waals surface area contributed by atoms with Crippen LogP contribution < -0.4 is 5.34 Å². The molecule has 0 aliphatic rings. The summed E-state index contributed by atoms with van der Waals surface area (Å²) in [5.41, 5.74) is 0.908. The standard InChI is InChI=1S/C4H11BN2O/c1-4(2)6-7-5(3)8/h7-8H,1-3H3. The average molecular weight is 114 g/mol. The summed E-state index contributed by atoms with van der Waals surface area (Å²) in [5, 5.41) is 14.8. The third kappa shape index (κ3) is 5.49. The Morgan fingerprint density at radius 3 is 2.25 bits per heavy atom. The van der Waals surface area contributed by atoms with Crippen LogP contribution in [-0.2, 0) is 0 Å². The average Bonchev–Trinajstić information content (AvgIpc) is 1.61. The van der Waals surface area contributed by atoms with E-state index >= 15 is 0 Å². The van der Waals surface area contributed by atoms with Gasteiger partial charge in [-0.2, -0.15) is 0 Å². The van der Waals surface area contributed by atoms with Gasteiger partial charge in [0.05, 0.1) is 0 Å². The van der Waals surface area contributed by atoms with Crippen LogP contribution in [0.2, 0.25) is 6.82 Å². The molecular weight excluding hydrogens is 103 g/mol. The minimum Gasteiger partial charge on any atom is -0.432 e. The van der Waals surface area contributed by atoms with Crippen molar-refractivity contribution in [1.29, 1.82) is 0 Å². The summed E-state index contributed by atoms with van der Waals surface area (Å²) in [4.78, 5) is 0. The summed E-state index contributed by atoms with van der Waals surface area (Å²) >= 11 is 0. The Morgan fingerprint density at radius 2 is 2.12 bits per heavy atom. The van der Waals surface area contributed by atoms with E-state index in [1.54, 1.807) is 6.82 Å². The van der Waals surface area contributed by atoms with Crippen molar-refractivity contribution in [3.63, 3.8) is 0 Å². The van der Waals surface area contributed by atoms with Crippen molar-refractivity contribution in [3.05, 3.63) is 0 Å². The van der Waals surface area contributed by atoms with Crippen molar-refractivity contribution in [2.45, 2.75) is 20.7 Å². The van der Waals surface area contributed by atoms with Crippen LogP contribution in [0.4, 0.5) is 0 Å². The molecule has 0 bridgehead atoms. The largest absolute Gasteiger partial charge is 0.432 e. The first-order valence-corrected chi connectivity index (χ1v) is 2.57. The highest BCUT2D eigenvalue weighted by Crippen LogP contribution is 1.70. The van der Waals surface area contributed by atoms with E-state index in [0.717, 1.165) is 5.71 Å². The molecule has 0 aliphatic heterocycles. The number of nitrogens with one attached hydrogen (secondary N) is 1. The SMILES string of the molecule is CB(O)NN=C(C)C. The van der Waals surface area contributed by atoms with Crippen molar-refractivity contribution in [2.75, 3.05) is 0 Å². The summed E-state index contributed by atoms with van der Waals surface area (Å²) in [5.74, 6) is 0. The van der Waals surface area contributed by atoms with Gasteiger partial charge in [0, 0.05) is 5.71 Å². The molecule has 0 unspecified atom stereocenters. The Hall–Kier alpha value is -0.505. The second-order valence-corrected chi connectivity index (χ2v) is 1.86. The van der Waals surface area contributed by atoms with Gasteiger partial charge in [0.1, 0.15) is 0 Å². The van der Waals surface area contributed by atoms with Crippen molar-refractivity contribution in [2.24, 2.45) is 5.10 Å². The fraction of sp³-hybridized carbons (Fsp3) is 0.750. The molecule has 0 saturated heterocycles. The monoisotopic (exact) mass is 114 g/mol. The molecule has 3 nitrogen and oxygen atoms in total. The minimum atomic E-state index is -0.551. The first-order valence-electron chi connectivity index (χ1n) is 2.57. The fourth-order valence-corrected chi connectivity index (χ4v) is 0.223. The summed E-state index contributed by atoms with van der Waals surface area (Å²) in [6.45, 7) is 5.33. The number of nitrogens with zero attached hydrogens (tertiary/aromatic N) is 1. The van der Waals surface area contributed by atoms with E-state index in [1.807, 2.05) is 13.8 Å². The highest BCUT2D eigenvalue weighted by atomic mass is 16.2. The summed E-state index contributed by atoms with van der Waals surface area (Å²) in [6.07, 6.45) is 0. The molecule has 4 heteroatoms. The molecule has 0 amide bonds. The maximum absolute atomic E-state index is 8.58. The number of hydrazone groups is 1. The van der Waals surface area contributed by atoms with Gasteiger partial charge in [-0.25, -0.2) is 5.10 Å². The molecule has 46 valence electrons. The zero-order valence-corrected chi connectivity index (χ0v) is 5.47. The number of hydrogen-bond donors (Lipinski definition) is 2. The molecule has 0 fully saturated rings. The van der Waals surface area contributed by atoms with Crippen LogP contribution in [-0.4, -0.2) is 17.8 Å². The molecule has 0 aromatic carbocycles. The van der Waals surface area contributed by atoms with E-state index in [0.29, 0.717) is 0 Å². The summed E-state index contributed by atoms with van der Waals surface area (Å²) in [6, 6.07) is 0. The Balaban J connectivity index is 3.29. The second kappa shape index (κ2) is 3.49. The van der Waals surface area contributed by atoms with Crippen LogP contribution in [0.1, 0.15) is 13.8 Å². The molecule has 0 atom stereocenters. The molecule has 0 aromatic heterocycles. The molecule has 0 aliphatic carbocycles. The first kappa shape index (κ1) is 7.49. The molecule has 2 N–H and O–H groups in total. The van der Waals surface area contributed by atoms with Crippen molar-refractivity contribution in [3.8, 4) is 0 Å². The number of hydrogen-bond acceptors (Lipinski definition) is 3. The number of rotatable bonds is 2. The van der Waals surface area contributed by atoms with Crippen LogP contribution in [0, 0.1) is 0 Å². The van der Waals surface area contributed by atoms with Gasteiger partial charge in [0.25, 0.3) is 0 Å². The lowest BCUT2D eigenvalue weighted by Gasteiger charge is -1.96. The van der Waals surface area contributed by atoms with E-state index in [9.17, 15) is 0 Å². The molecule has 0 radical (unpaired) electrons. The van der Waals surface area contributed by atoms with Crippen molar-refractivity contribution in [1.82, 2.24) is 5.34 Å². The van der Waals surface area contributed by atoms with Crippen molar-refractivity contribution >= 4 is 12.8 Å². The molecule has 0 spiro atoms. The third-order valence-corrected chi connectivity index (χ3v) is 0.475. The quantitative estimate of drug-likeness (QED) is 0.303. The van der Waals surface area contributed by atoms with Gasteiger partial charge < -0.3 is 10.4 Å².